The van der Waals surface area contributed by atoms with Gasteiger partial charge in [-0.15, -0.1) is 0 Å². The number of unbranched alkanes of at least 4 members (excludes halogenated alkanes) is 10. The van der Waals surface area contributed by atoms with Crippen molar-refractivity contribution in [2.45, 2.75) is 90.1 Å². The lowest BCUT2D eigenvalue weighted by Crippen LogP contribution is -2.12. The van der Waals surface area contributed by atoms with Crippen molar-refractivity contribution in [3.63, 3.8) is 0 Å². The van der Waals surface area contributed by atoms with Gasteiger partial charge < -0.3 is 15.1 Å². The van der Waals surface area contributed by atoms with E-state index in [1.54, 1.807) is 24.3 Å². The number of hydrogen-bond acceptors (Lipinski definition) is 2. The summed E-state index contributed by atoms with van der Waals surface area (Å²) in [5.74, 6) is -0.0934. The first kappa shape index (κ1) is 23.9. The lowest BCUT2D eigenvalue weighted by molar-refractivity contribution is -0.116. The SMILES string of the molecule is CCCCCCCCCCCCCC(=O)Nc1ccccc1CP(=O)(O)O. The first-order chi connectivity index (χ1) is 12.9. The Kier molecular flexibility index (Phi) is 12.3. The standard InChI is InChI=1S/C21H36NO4P/c1-2-3-4-5-6-7-8-9-10-11-12-17-21(23)22-20-16-14-13-15-19(20)18-27(24,25)26/h13-16H,2-12,17-18H2,1H3,(H,22,23)(H2,24,25,26). The molecule has 0 spiro atoms. The number of carbonyl (C=O) groups excluding carboxylic acids is 1. The van der Waals surface area contributed by atoms with Gasteiger partial charge in [0.2, 0.25) is 5.91 Å². The quantitative estimate of drug-likeness (QED) is 0.250. The Morgan fingerprint density at radius 2 is 1.41 bits per heavy atom. The van der Waals surface area contributed by atoms with Crippen LogP contribution in [0.2, 0.25) is 0 Å². The fraction of sp³-hybridized carbons (Fsp3) is 0.667. The highest BCUT2D eigenvalue weighted by Gasteiger charge is 2.17. The fourth-order valence-corrected chi connectivity index (χ4v) is 3.88. The molecule has 0 radical (unpaired) electrons. The van der Waals surface area contributed by atoms with Gasteiger partial charge in [-0.05, 0) is 18.1 Å². The van der Waals surface area contributed by atoms with E-state index < -0.39 is 7.60 Å². The van der Waals surface area contributed by atoms with Gasteiger partial charge in [0.25, 0.3) is 0 Å². The van der Waals surface area contributed by atoms with Gasteiger partial charge in [-0.3, -0.25) is 9.36 Å². The predicted molar refractivity (Wildman–Crippen MR) is 112 cm³/mol. The number of benzene rings is 1. The molecule has 27 heavy (non-hydrogen) atoms. The van der Waals surface area contributed by atoms with Crippen LogP contribution in [0.15, 0.2) is 24.3 Å². The lowest BCUT2D eigenvalue weighted by Gasteiger charge is -2.12. The highest BCUT2D eigenvalue weighted by atomic mass is 31.2. The second kappa shape index (κ2) is 13.9. The van der Waals surface area contributed by atoms with Gasteiger partial charge in [-0.1, -0.05) is 89.3 Å². The van der Waals surface area contributed by atoms with Crippen LogP contribution in [0.25, 0.3) is 0 Å². The Balaban J connectivity index is 2.14. The maximum Gasteiger partial charge on any atom is 0.329 e. The molecule has 1 aromatic carbocycles. The zero-order valence-corrected chi connectivity index (χ0v) is 17.6. The van der Waals surface area contributed by atoms with Gasteiger partial charge in [0.1, 0.15) is 0 Å². The monoisotopic (exact) mass is 397 g/mol. The smallest absolute Gasteiger partial charge is 0.326 e. The molecule has 6 heteroatoms. The van der Waals surface area contributed by atoms with Gasteiger partial charge in [0, 0.05) is 12.1 Å². The summed E-state index contributed by atoms with van der Waals surface area (Å²) in [6.45, 7) is 2.24. The number of nitrogens with one attached hydrogen (secondary N) is 1. The summed E-state index contributed by atoms with van der Waals surface area (Å²) in [6, 6.07) is 6.78. The van der Waals surface area contributed by atoms with Crippen molar-refractivity contribution in [2.75, 3.05) is 5.32 Å². The molecule has 0 atom stereocenters. The number of carbonyl (C=O) groups is 1. The Labute approximate surface area is 164 Å². The molecular formula is C21H36NO4P. The van der Waals surface area contributed by atoms with E-state index >= 15 is 0 Å². The second-order valence-electron chi connectivity index (χ2n) is 7.31. The molecule has 0 saturated heterocycles. The molecule has 1 rings (SSSR count). The lowest BCUT2D eigenvalue weighted by atomic mass is 10.1. The van der Waals surface area contributed by atoms with Crippen LogP contribution in [0.5, 0.6) is 0 Å². The molecule has 0 aromatic heterocycles. The Bertz CT molecular complexity index is 585. The molecule has 0 fully saturated rings. The van der Waals surface area contributed by atoms with Gasteiger partial charge in [-0.2, -0.15) is 0 Å². The molecule has 3 N–H and O–H groups in total. The highest BCUT2D eigenvalue weighted by Crippen LogP contribution is 2.40. The third-order valence-electron chi connectivity index (χ3n) is 4.68. The third kappa shape index (κ3) is 12.8. The van der Waals surface area contributed by atoms with Crippen LogP contribution in [-0.2, 0) is 15.5 Å². The minimum Gasteiger partial charge on any atom is -0.326 e. The second-order valence-corrected chi connectivity index (χ2v) is 8.96. The first-order valence-electron chi connectivity index (χ1n) is 10.3. The molecule has 0 aliphatic heterocycles. The van der Waals surface area contributed by atoms with Gasteiger partial charge in [-0.25, -0.2) is 0 Å². The summed E-state index contributed by atoms with van der Waals surface area (Å²) in [4.78, 5) is 30.4. The van der Waals surface area contributed by atoms with Gasteiger partial charge in [0.15, 0.2) is 0 Å². The van der Waals surface area contributed by atoms with Crippen LogP contribution in [0.4, 0.5) is 5.69 Å². The van der Waals surface area contributed by atoms with E-state index in [0.717, 1.165) is 19.3 Å². The average molecular weight is 397 g/mol. The summed E-state index contributed by atoms with van der Waals surface area (Å²) in [7, 11) is -4.16. The van der Waals surface area contributed by atoms with Crippen LogP contribution >= 0.6 is 7.60 Å². The Hall–Kier alpha value is -1.16. The van der Waals surface area contributed by atoms with Crippen molar-refractivity contribution in [3.05, 3.63) is 29.8 Å². The fourth-order valence-electron chi connectivity index (χ4n) is 3.16. The van der Waals surface area contributed by atoms with E-state index in [2.05, 4.69) is 12.2 Å². The molecule has 0 unspecified atom stereocenters. The summed E-state index contributed by atoms with van der Waals surface area (Å²) < 4.78 is 11.2. The minimum atomic E-state index is -4.16. The number of rotatable bonds is 15. The predicted octanol–water partition coefficient (Wildman–Crippen LogP) is 6.00. The normalized spacial score (nSPS) is 11.5. The minimum absolute atomic E-state index is 0.0934. The van der Waals surface area contributed by atoms with E-state index in [-0.39, 0.29) is 12.1 Å². The summed E-state index contributed by atoms with van der Waals surface area (Å²) >= 11 is 0. The van der Waals surface area contributed by atoms with Gasteiger partial charge >= 0.3 is 7.60 Å². The summed E-state index contributed by atoms with van der Waals surface area (Å²) in [5, 5.41) is 2.79. The third-order valence-corrected chi connectivity index (χ3v) is 5.43. The van der Waals surface area contributed by atoms with Gasteiger partial charge in [0.05, 0.1) is 6.16 Å². The van der Waals surface area contributed by atoms with Crippen LogP contribution < -0.4 is 5.32 Å². The zero-order valence-electron chi connectivity index (χ0n) is 16.7. The number of hydrogen-bond donors (Lipinski definition) is 3. The van der Waals surface area contributed by atoms with Crippen LogP contribution in [0, 0.1) is 0 Å². The number of anilines is 1. The van der Waals surface area contributed by atoms with E-state index in [1.807, 2.05) is 0 Å². The highest BCUT2D eigenvalue weighted by molar-refractivity contribution is 7.50. The number of amides is 1. The summed E-state index contributed by atoms with van der Waals surface area (Å²) in [6.07, 6.45) is 13.7. The van der Waals surface area contributed by atoms with Crippen molar-refractivity contribution < 1.29 is 19.1 Å². The van der Waals surface area contributed by atoms with Crippen molar-refractivity contribution in [1.82, 2.24) is 0 Å². The molecular weight excluding hydrogens is 361 g/mol. The Morgan fingerprint density at radius 1 is 0.889 bits per heavy atom. The largest absolute Gasteiger partial charge is 0.329 e. The number of para-hydroxylation sites is 1. The molecule has 154 valence electrons. The molecule has 0 bridgehead atoms. The van der Waals surface area contributed by atoms with Crippen LogP contribution in [0.1, 0.15) is 89.5 Å². The van der Waals surface area contributed by atoms with Crippen LogP contribution in [0.3, 0.4) is 0 Å². The zero-order chi connectivity index (χ0) is 20.0. The Morgan fingerprint density at radius 3 is 1.96 bits per heavy atom. The molecule has 5 nitrogen and oxygen atoms in total. The van der Waals surface area contributed by atoms with E-state index in [0.29, 0.717) is 17.7 Å². The maximum atomic E-state index is 12.1. The summed E-state index contributed by atoms with van der Waals surface area (Å²) in [5.41, 5.74) is 0.965. The van der Waals surface area contributed by atoms with E-state index in [9.17, 15) is 9.36 Å². The molecule has 0 saturated carbocycles. The van der Waals surface area contributed by atoms with E-state index in [4.69, 9.17) is 9.79 Å². The molecule has 1 amide bonds. The van der Waals surface area contributed by atoms with Crippen molar-refractivity contribution in [1.29, 1.82) is 0 Å². The molecule has 0 aliphatic carbocycles. The van der Waals surface area contributed by atoms with E-state index in [1.165, 1.54) is 51.4 Å². The first-order valence-corrected chi connectivity index (χ1v) is 12.1. The maximum absolute atomic E-state index is 12.1. The van der Waals surface area contributed by atoms with Crippen LogP contribution in [-0.4, -0.2) is 15.7 Å². The molecule has 1 aromatic rings. The van der Waals surface area contributed by atoms with Crippen molar-refractivity contribution in [2.24, 2.45) is 0 Å². The molecule has 0 aliphatic rings. The average Bonchev–Trinajstić information content (AvgIpc) is 2.60. The molecule has 0 heterocycles. The topological polar surface area (TPSA) is 86.6 Å². The van der Waals surface area contributed by atoms with Crippen molar-refractivity contribution >= 4 is 19.2 Å². The van der Waals surface area contributed by atoms with Crippen molar-refractivity contribution in [3.8, 4) is 0 Å².